The molecule has 0 saturated carbocycles. The second-order valence-corrected chi connectivity index (χ2v) is 7.70. The van der Waals surface area contributed by atoms with Crippen molar-refractivity contribution < 1.29 is 4.79 Å². The number of thiazole rings is 1. The van der Waals surface area contributed by atoms with Gasteiger partial charge in [0.1, 0.15) is 5.01 Å². The maximum absolute atomic E-state index is 11.9. The van der Waals surface area contributed by atoms with E-state index in [1.165, 1.54) is 0 Å². The lowest BCUT2D eigenvalue weighted by molar-refractivity contribution is -0.121. The molecule has 1 atom stereocenters. The second-order valence-electron chi connectivity index (χ2n) is 6.58. The Bertz CT molecular complexity index is 582. The minimum absolute atomic E-state index is 0.00833. The van der Waals surface area contributed by atoms with Crippen LogP contribution in [0.3, 0.4) is 0 Å². The van der Waals surface area contributed by atoms with Crippen LogP contribution < -0.4 is 11.1 Å². The first-order valence-electron chi connectivity index (χ1n) is 7.20. The van der Waals surface area contributed by atoms with Crippen LogP contribution in [0.4, 0.5) is 0 Å². The zero-order chi connectivity index (χ0) is 15.5. The van der Waals surface area contributed by atoms with Gasteiger partial charge in [0, 0.05) is 12.5 Å². The molecule has 4 nitrogen and oxygen atoms in total. The molecule has 2 aromatic rings. The van der Waals surface area contributed by atoms with Crippen LogP contribution in [0.2, 0.25) is 0 Å². The molecule has 1 aromatic heterocycles. The third kappa shape index (κ3) is 5.10. The van der Waals surface area contributed by atoms with Gasteiger partial charge in [-0.05, 0) is 24.0 Å². The SMILES string of the molecule is CC(C)(C)CC(N)CC(=O)NCc1nc2ccccc2s1. The normalized spacial score (nSPS) is 13.3. The Hall–Kier alpha value is -1.46. The number of rotatable bonds is 5. The Morgan fingerprint density at radius 3 is 2.76 bits per heavy atom. The van der Waals surface area contributed by atoms with Gasteiger partial charge in [-0.3, -0.25) is 4.79 Å². The Morgan fingerprint density at radius 1 is 1.38 bits per heavy atom. The van der Waals surface area contributed by atoms with Crippen molar-refractivity contribution in [2.45, 2.75) is 46.2 Å². The number of carbonyl (C=O) groups excluding carboxylic acids is 1. The van der Waals surface area contributed by atoms with E-state index in [0.29, 0.717) is 13.0 Å². The molecule has 0 spiro atoms. The predicted octanol–water partition coefficient (Wildman–Crippen LogP) is 3.07. The van der Waals surface area contributed by atoms with Gasteiger partial charge in [0.2, 0.25) is 5.91 Å². The smallest absolute Gasteiger partial charge is 0.221 e. The number of hydrogen-bond acceptors (Lipinski definition) is 4. The number of fused-ring (bicyclic) bond motifs is 1. The topological polar surface area (TPSA) is 68.0 Å². The number of nitrogens with one attached hydrogen (secondary N) is 1. The molecule has 21 heavy (non-hydrogen) atoms. The molecule has 0 fully saturated rings. The van der Waals surface area contributed by atoms with Crippen LogP contribution in [0.5, 0.6) is 0 Å². The molecule has 3 N–H and O–H groups in total. The van der Waals surface area contributed by atoms with Gasteiger partial charge in [0.15, 0.2) is 0 Å². The molecule has 1 amide bonds. The molecular weight excluding hydrogens is 282 g/mol. The summed E-state index contributed by atoms with van der Waals surface area (Å²) in [4.78, 5) is 16.4. The largest absolute Gasteiger partial charge is 0.350 e. The van der Waals surface area contributed by atoms with Crippen LogP contribution in [-0.4, -0.2) is 16.9 Å². The van der Waals surface area contributed by atoms with Crippen molar-refractivity contribution in [3.8, 4) is 0 Å². The van der Waals surface area contributed by atoms with Crippen molar-refractivity contribution in [1.82, 2.24) is 10.3 Å². The van der Waals surface area contributed by atoms with Crippen molar-refractivity contribution in [2.24, 2.45) is 11.1 Å². The summed E-state index contributed by atoms with van der Waals surface area (Å²) in [5.74, 6) is -0.00833. The number of para-hydroxylation sites is 1. The summed E-state index contributed by atoms with van der Waals surface area (Å²) < 4.78 is 1.14. The van der Waals surface area contributed by atoms with Gasteiger partial charge in [0.25, 0.3) is 0 Å². The van der Waals surface area contributed by atoms with E-state index in [0.717, 1.165) is 21.6 Å². The molecular formula is C16H23N3OS. The molecule has 2 rings (SSSR count). The van der Waals surface area contributed by atoms with Crippen LogP contribution in [0.15, 0.2) is 24.3 Å². The number of carbonyl (C=O) groups is 1. The molecule has 0 aliphatic carbocycles. The number of nitrogens with two attached hydrogens (primary N) is 1. The minimum atomic E-state index is -0.0969. The highest BCUT2D eigenvalue weighted by atomic mass is 32.1. The van der Waals surface area contributed by atoms with E-state index in [1.807, 2.05) is 24.3 Å². The summed E-state index contributed by atoms with van der Waals surface area (Å²) in [7, 11) is 0. The summed E-state index contributed by atoms with van der Waals surface area (Å²) in [6.07, 6.45) is 1.20. The van der Waals surface area contributed by atoms with E-state index in [1.54, 1.807) is 11.3 Å². The molecule has 1 aromatic carbocycles. The highest BCUT2D eigenvalue weighted by molar-refractivity contribution is 7.18. The van der Waals surface area contributed by atoms with Gasteiger partial charge in [-0.25, -0.2) is 4.98 Å². The van der Waals surface area contributed by atoms with Crippen LogP contribution in [0.25, 0.3) is 10.2 Å². The zero-order valence-corrected chi connectivity index (χ0v) is 13.7. The molecule has 0 aliphatic rings. The fourth-order valence-electron chi connectivity index (χ4n) is 2.34. The van der Waals surface area contributed by atoms with Crippen molar-refractivity contribution in [3.05, 3.63) is 29.3 Å². The molecule has 1 unspecified atom stereocenters. The standard InChI is InChI=1S/C16H23N3OS/c1-16(2,3)9-11(17)8-14(20)18-10-15-19-12-6-4-5-7-13(12)21-15/h4-7,11H,8-10,17H2,1-3H3,(H,18,20). The minimum Gasteiger partial charge on any atom is -0.350 e. The Balaban J connectivity index is 1.83. The third-order valence-electron chi connectivity index (χ3n) is 3.10. The van der Waals surface area contributed by atoms with Gasteiger partial charge in [-0.15, -0.1) is 11.3 Å². The Kier molecular flexibility index (Phi) is 4.96. The van der Waals surface area contributed by atoms with Crippen LogP contribution in [0, 0.1) is 5.41 Å². The molecule has 5 heteroatoms. The lowest BCUT2D eigenvalue weighted by atomic mass is 9.87. The van der Waals surface area contributed by atoms with E-state index in [2.05, 4.69) is 31.1 Å². The van der Waals surface area contributed by atoms with E-state index < -0.39 is 0 Å². The van der Waals surface area contributed by atoms with E-state index in [9.17, 15) is 4.79 Å². The number of nitrogens with zero attached hydrogens (tertiary/aromatic N) is 1. The van der Waals surface area contributed by atoms with Crippen LogP contribution in [-0.2, 0) is 11.3 Å². The highest BCUT2D eigenvalue weighted by Gasteiger charge is 2.18. The Labute approximate surface area is 129 Å². The van der Waals surface area contributed by atoms with E-state index in [-0.39, 0.29) is 17.4 Å². The average Bonchev–Trinajstić information content (AvgIpc) is 2.76. The monoisotopic (exact) mass is 305 g/mol. The fourth-order valence-corrected chi connectivity index (χ4v) is 3.25. The van der Waals surface area contributed by atoms with Crippen molar-refractivity contribution in [1.29, 1.82) is 0 Å². The number of amides is 1. The van der Waals surface area contributed by atoms with Gasteiger partial charge in [-0.2, -0.15) is 0 Å². The predicted molar refractivity (Wildman–Crippen MR) is 88.1 cm³/mol. The van der Waals surface area contributed by atoms with Gasteiger partial charge in [0.05, 0.1) is 16.8 Å². The van der Waals surface area contributed by atoms with Crippen molar-refractivity contribution in [3.63, 3.8) is 0 Å². The first-order valence-corrected chi connectivity index (χ1v) is 8.02. The first-order chi connectivity index (χ1) is 9.83. The maximum atomic E-state index is 11.9. The van der Waals surface area contributed by atoms with Crippen molar-refractivity contribution >= 4 is 27.5 Å². The van der Waals surface area contributed by atoms with Gasteiger partial charge < -0.3 is 11.1 Å². The third-order valence-corrected chi connectivity index (χ3v) is 4.13. The second kappa shape index (κ2) is 6.54. The lowest BCUT2D eigenvalue weighted by Crippen LogP contribution is -2.33. The molecule has 0 aliphatic heterocycles. The fraction of sp³-hybridized carbons (Fsp3) is 0.500. The summed E-state index contributed by atoms with van der Waals surface area (Å²) in [5, 5.41) is 3.83. The summed E-state index contributed by atoms with van der Waals surface area (Å²) in [6, 6.07) is 7.89. The van der Waals surface area contributed by atoms with Gasteiger partial charge >= 0.3 is 0 Å². The van der Waals surface area contributed by atoms with E-state index in [4.69, 9.17) is 5.73 Å². The first kappa shape index (κ1) is 15.9. The van der Waals surface area contributed by atoms with Crippen LogP contribution >= 0.6 is 11.3 Å². The highest BCUT2D eigenvalue weighted by Crippen LogP contribution is 2.22. The average molecular weight is 305 g/mol. The van der Waals surface area contributed by atoms with E-state index >= 15 is 0 Å². The quantitative estimate of drug-likeness (QED) is 0.892. The summed E-state index contributed by atoms with van der Waals surface area (Å²) in [6.45, 7) is 6.87. The molecule has 0 bridgehead atoms. The lowest BCUT2D eigenvalue weighted by Gasteiger charge is -2.22. The summed E-state index contributed by atoms with van der Waals surface area (Å²) in [5.41, 5.74) is 7.15. The number of benzene rings is 1. The Morgan fingerprint density at radius 2 is 2.10 bits per heavy atom. The number of aromatic nitrogens is 1. The molecule has 0 radical (unpaired) electrons. The van der Waals surface area contributed by atoms with Gasteiger partial charge in [-0.1, -0.05) is 32.9 Å². The summed E-state index contributed by atoms with van der Waals surface area (Å²) >= 11 is 1.61. The maximum Gasteiger partial charge on any atom is 0.221 e. The molecule has 0 saturated heterocycles. The number of hydrogen-bond donors (Lipinski definition) is 2. The van der Waals surface area contributed by atoms with Crippen molar-refractivity contribution in [2.75, 3.05) is 0 Å². The van der Waals surface area contributed by atoms with Crippen LogP contribution in [0.1, 0.15) is 38.6 Å². The molecule has 114 valence electrons. The zero-order valence-electron chi connectivity index (χ0n) is 12.8. The molecule has 1 heterocycles.